The molecule has 1 amide bonds. The van der Waals surface area contributed by atoms with Crippen LogP contribution in [0.1, 0.15) is 17.2 Å². The molecule has 1 heterocycles. The number of aromatic hydroxyl groups is 1. The number of hydrogen-bond acceptors (Lipinski definition) is 3. The first-order valence-corrected chi connectivity index (χ1v) is 5.01. The van der Waals surface area contributed by atoms with Crippen molar-refractivity contribution in [2.45, 2.75) is 18.9 Å². The van der Waals surface area contributed by atoms with Crippen molar-refractivity contribution < 1.29 is 23.4 Å². The average Bonchev–Trinajstić information content (AvgIpc) is 2.26. The van der Waals surface area contributed by atoms with Gasteiger partial charge in [-0.05, 0) is 12.5 Å². The fraction of sp³-hybridized carbons (Fsp3) is 0.364. The number of benzene rings is 1. The normalized spacial score (nSPS) is 21.5. The first-order chi connectivity index (χ1) is 7.92. The zero-order valence-electron chi connectivity index (χ0n) is 9.44. The van der Waals surface area contributed by atoms with E-state index in [-0.39, 0.29) is 23.7 Å². The molecule has 1 atom stereocenters. The first-order valence-electron chi connectivity index (χ1n) is 5.01. The number of phenols is 1. The molecular formula is C11H12ClF2NO3. The Balaban J connectivity index is 0.00000162. The number of ether oxygens (including phenoxy) is 1. The molecule has 0 spiro atoms. The van der Waals surface area contributed by atoms with Crippen LogP contribution in [-0.2, 0) is 4.74 Å². The molecule has 1 aromatic carbocycles. The lowest BCUT2D eigenvalue weighted by molar-refractivity contribution is -0.104. The van der Waals surface area contributed by atoms with Gasteiger partial charge in [0.05, 0.1) is 0 Å². The monoisotopic (exact) mass is 279 g/mol. The Kier molecular flexibility index (Phi) is 4.01. The summed E-state index contributed by atoms with van der Waals surface area (Å²) in [5.74, 6) is -3.49. The fourth-order valence-electron chi connectivity index (χ4n) is 1.73. The van der Waals surface area contributed by atoms with Crippen molar-refractivity contribution in [3.8, 4) is 5.75 Å². The Hall–Kier alpha value is -1.56. The molecule has 1 aliphatic rings. The van der Waals surface area contributed by atoms with Gasteiger partial charge in [0.15, 0.2) is 6.61 Å². The summed E-state index contributed by atoms with van der Waals surface area (Å²) < 4.78 is 31.4. The van der Waals surface area contributed by atoms with Gasteiger partial charge in [-0.2, -0.15) is 0 Å². The van der Waals surface area contributed by atoms with E-state index in [2.05, 4.69) is 4.74 Å². The standard InChI is InChI=1S/C11H11F2NO3.ClH/c1-6-3-2-4-7(8(6)15)9-11(12,13)5-17-10(16)14-9;/h2-4,9,15H,5H2,1H3,(H,14,16);1H/t9-;/m1./s1. The van der Waals surface area contributed by atoms with Crippen LogP contribution in [0.2, 0.25) is 0 Å². The second kappa shape index (κ2) is 4.97. The van der Waals surface area contributed by atoms with Crippen molar-refractivity contribution in [3.05, 3.63) is 29.3 Å². The van der Waals surface area contributed by atoms with Crippen molar-refractivity contribution in [1.29, 1.82) is 0 Å². The molecule has 0 radical (unpaired) electrons. The maximum atomic E-state index is 13.6. The van der Waals surface area contributed by atoms with Crippen LogP contribution in [0.5, 0.6) is 5.75 Å². The Bertz CT molecular complexity index is 468. The van der Waals surface area contributed by atoms with E-state index in [1.54, 1.807) is 19.1 Å². The van der Waals surface area contributed by atoms with Crippen LogP contribution in [0, 0.1) is 6.92 Å². The van der Waals surface area contributed by atoms with Gasteiger partial charge in [-0.25, -0.2) is 13.6 Å². The van der Waals surface area contributed by atoms with Crippen molar-refractivity contribution >= 4 is 18.5 Å². The Morgan fingerprint density at radius 2 is 2.17 bits per heavy atom. The van der Waals surface area contributed by atoms with Gasteiger partial charge < -0.3 is 15.2 Å². The lowest BCUT2D eigenvalue weighted by atomic mass is 9.97. The predicted molar refractivity (Wildman–Crippen MR) is 62.3 cm³/mol. The van der Waals surface area contributed by atoms with Crippen LogP contribution in [-0.4, -0.2) is 23.7 Å². The Morgan fingerprint density at radius 3 is 2.83 bits per heavy atom. The number of alkyl halides is 2. The number of nitrogens with one attached hydrogen (secondary N) is 1. The first kappa shape index (κ1) is 14.5. The molecule has 18 heavy (non-hydrogen) atoms. The number of phenolic OH excluding ortho intramolecular Hbond substituents is 1. The van der Waals surface area contributed by atoms with E-state index in [0.717, 1.165) is 0 Å². The van der Waals surface area contributed by atoms with E-state index >= 15 is 0 Å². The SMILES string of the molecule is Cc1cccc([C@H]2NC(=O)OCC2(F)F)c1O.Cl. The molecule has 0 bridgehead atoms. The minimum atomic E-state index is -3.25. The molecule has 1 fully saturated rings. The van der Waals surface area contributed by atoms with Crippen molar-refractivity contribution in [2.24, 2.45) is 0 Å². The lowest BCUT2D eigenvalue weighted by Crippen LogP contribution is -2.49. The number of aryl methyl sites for hydroxylation is 1. The number of cyclic esters (lactones) is 1. The summed E-state index contributed by atoms with van der Waals surface area (Å²) >= 11 is 0. The highest BCUT2D eigenvalue weighted by atomic mass is 35.5. The van der Waals surface area contributed by atoms with Gasteiger partial charge in [-0.3, -0.25) is 0 Å². The fourth-order valence-corrected chi connectivity index (χ4v) is 1.73. The van der Waals surface area contributed by atoms with Crippen LogP contribution >= 0.6 is 12.4 Å². The highest BCUT2D eigenvalue weighted by molar-refractivity contribution is 5.85. The van der Waals surface area contributed by atoms with E-state index in [9.17, 15) is 18.7 Å². The van der Waals surface area contributed by atoms with E-state index in [1.165, 1.54) is 6.07 Å². The molecule has 0 unspecified atom stereocenters. The molecule has 2 N–H and O–H groups in total. The van der Waals surface area contributed by atoms with Gasteiger partial charge in [-0.1, -0.05) is 18.2 Å². The van der Waals surface area contributed by atoms with E-state index in [4.69, 9.17) is 0 Å². The highest BCUT2D eigenvalue weighted by Gasteiger charge is 2.47. The zero-order valence-corrected chi connectivity index (χ0v) is 10.3. The molecule has 1 saturated heterocycles. The third-order valence-corrected chi connectivity index (χ3v) is 2.66. The van der Waals surface area contributed by atoms with E-state index in [0.29, 0.717) is 5.56 Å². The van der Waals surface area contributed by atoms with E-state index < -0.39 is 24.7 Å². The predicted octanol–water partition coefficient (Wildman–Crippen LogP) is 2.54. The van der Waals surface area contributed by atoms with Crippen LogP contribution in [0.25, 0.3) is 0 Å². The minimum absolute atomic E-state index is 0. The number of carbonyl (C=O) groups excluding carboxylic acids is 1. The molecule has 7 heteroatoms. The maximum absolute atomic E-state index is 13.6. The molecule has 0 aromatic heterocycles. The van der Waals surface area contributed by atoms with Crippen LogP contribution in [0.15, 0.2) is 18.2 Å². The van der Waals surface area contributed by atoms with Crippen molar-refractivity contribution in [1.82, 2.24) is 5.32 Å². The van der Waals surface area contributed by atoms with Gasteiger partial charge in [0.2, 0.25) is 0 Å². The number of alkyl carbamates (subject to hydrolysis) is 1. The van der Waals surface area contributed by atoms with Crippen molar-refractivity contribution in [3.63, 3.8) is 0 Å². The number of halogens is 3. The van der Waals surface area contributed by atoms with Gasteiger partial charge in [0, 0.05) is 5.56 Å². The largest absolute Gasteiger partial charge is 0.507 e. The molecule has 1 aliphatic heterocycles. The van der Waals surface area contributed by atoms with Crippen LogP contribution in [0.3, 0.4) is 0 Å². The summed E-state index contributed by atoms with van der Waals surface area (Å²) in [5, 5.41) is 11.8. The topological polar surface area (TPSA) is 58.6 Å². The number of rotatable bonds is 1. The summed E-state index contributed by atoms with van der Waals surface area (Å²) in [6.07, 6.45) is -0.915. The summed E-state index contributed by atoms with van der Waals surface area (Å²) in [6, 6.07) is 2.93. The zero-order chi connectivity index (χ0) is 12.6. The number of amides is 1. The minimum Gasteiger partial charge on any atom is -0.507 e. The molecule has 1 aromatic rings. The Labute approximate surface area is 108 Å². The van der Waals surface area contributed by atoms with Crippen molar-refractivity contribution in [2.75, 3.05) is 6.61 Å². The van der Waals surface area contributed by atoms with E-state index in [1.807, 2.05) is 5.32 Å². The number of hydrogen-bond donors (Lipinski definition) is 2. The average molecular weight is 280 g/mol. The third kappa shape index (κ3) is 2.48. The van der Waals surface area contributed by atoms with Gasteiger partial charge in [0.1, 0.15) is 11.8 Å². The maximum Gasteiger partial charge on any atom is 0.408 e. The van der Waals surface area contributed by atoms with Crippen LogP contribution < -0.4 is 5.32 Å². The van der Waals surface area contributed by atoms with Gasteiger partial charge in [0.25, 0.3) is 0 Å². The van der Waals surface area contributed by atoms with Gasteiger partial charge in [-0.15, -0.1) is 12.4 Å². The second-order valence-electron chi connectivity index (χ2n) is 3.93. The number of para-hydroxylation sites is 1. The number of carbonyl (C=O) groups is 1. The van der Waals surface area contributed by atoms with Crippen LogP contribution in [0.4, 0.5) is 13.6 Å². The molecular weight excluding hydrogens is 268 g/mol. The summed E-state index contributed by atoms with van der Waals surface area (Å²) in [7, 11) is 0. The molecule has 4 nitrogen and oxygen atoms in total. The summed E-state index contributed by atoms with van der Waals surface area (Å²) in [5.41, 5.74) is 0.464. The summed E-state index contributed by atoms with van der Waals surface area (Å²) in [6.45, 7) is 0.606. The molecule has 2 rings (SSSR count). The quantitative estimate of drug-likeness (QED) is 0.830. The molecule has 0 saturated carbocycles. The summed E-state index contributed by atoms with van der Waals surface area (Å²) in [4.78, 5) is 11.0. The molecule has 0 aliphatic carbocycles. The second-order valence-corrected chi connectivity index (χ2v) is 3.93. The molecule has 100 valence electrons. The third-order valence-electron chi connectivity index (χ3n) is 2.66. The highest BCUT2D eigenvalue weighted by Crippen LogP contribution is 2.39. The lowest BCUT2D eigenvalue weighted by Gasteiger charge is -2.32. The Morgan fingerprint density at radius 1 is 1.50 bits per heavy atom. The smallest absolute Gasteiger partial charge is 0.408 e. The van der Waals surface area contributed by atoms with Gasteiger partial charge >= 0.3 is 12.0 Å².